The van der Waals surface area contributed by atoms with E-state index in [0.29, 0.717) is 11.3 Å². The third kappa shape index (κ3) is 4.84. The molecule has 1 heterocycles. The fourth-order valence-electron chi connectivity index (χ4n) is 1.83. The van der Waals surface area contributed by atoms with Gasteiger partial charge in [0.05, 0.1) is 6.54 Å². The third-order valence-electron chi connectivity index (χ3n) is 3.16. The van der Waals surface area contributed by atoms with Crippen LogP contribution in [-0.2, 0) is 6.54 Å². The Hall–Kier alpha value is -0.280. The van der Waals surface area contributed by atoms with E-state index < -0.39 is 0 Å². The van der Waals surface area contributed by atoms with E-state index >= 15 is 0 Å². The van der Waals surface area contributed by atoms with Crippen LogP contribution in [0.2, 0.25) is 0 Å². The van der Waals surface area contributed by atoms with Crippen LogP contribution >= 0.6 is 15.9 Å². The second-order valence-electron chi connectivity index (χ2n) is 5.93. The van der Waals surface area contributed by atoms with Gasteiger partial charge in [0.15, 0.2) is 0 Å². The molecule has 0 saturated heterocycles. The lowest BCUT2D eigenvalue weighted by molar-refractivity contribution is 0.176. The number of hydrogen-bond acceptors (Lipinski definition) is 2. The van der Waals surface area contributed by atoms with Crippen LogP contribution in [0.1, 0.15) is 32.3 Å². The standard InChI is InChI=1S/C14H24BrNO/c1-11-6-7-13(17-11)10-16(5)9-12(8-15)14(2,3)4/h6-7,12H,8-10H2,1-5H3. The molecule has 1 unspecified atom stereocenters. The zero-order chi connectivity index (χ0) is 13.1. The minimum Gasteiger partial charge on any atom is -0.465 e. The Bertz CT molecular complexity index is 340. The lowest BCUT2D eigenvalue weighted by atomic mass is 9.82. The van der Waals surface area contributed by atoms with Gasteiger partial charge in [-0.15, -0.1) is 0 Å². The van der Waals surface area contributed by atoms with Crippen LogP contribution in [-0.4, -0.2) is 23.8 Å². The third-order valence-corrected chi connectivity index (χ3v) is 3.95. The first kappa shape index (κ1) is 14.8. The molecule has 0 aliphatic heterocycles. The van der Waals surface area contributed by atoms with E-state index in [4.69, 9.17) is 4.42 Å². The fraction of sp³-hybridized carbons (Fsp3) is 0.714. The Balaban J connectivity index is 2.51. The molecule has 1 atom stereocenters. The summed E-state index contributed by atoms with van der Waals surface area (Å²) in [6.07, 6.45) is 0. The van der Waals surface area contributed by atoms with Crippen molar-refractivity contribution in [1.82, 2.24) is 4.90 Å². The largest absolute Gasteiger partial charge is 0.465 e. The van der Waals surface area contributed by atoms with E-state index in [1.165, 1.54) is 0 Å². The normalized spacial score (nSPS) is 14.3. The van der Waals surface area contributed by atoms with Crippen LogP contribution in [0.3, 0.4) is 0 Å². The van der Waals surface area contributed by atoms with E-state index in [2.05, 4.69) is 54.7 Å². The van der Waals surface area contributed by atoms with Crippen molar-refractivity contribution >= 4 is 15.9 Å². The molecule has 1 aromatic rings. The minimum absolute atomic E-state index is 0.330. The number of nitrogens with zero attached hydrogens (tertiary/aromatic N) is 1. The van der Waals surface area contributed by atoms with Gasteiger partial charge in [-0.05, 0) is 37.4 Å². The highest BCUT2D eigenvalue weighted by Gasteiger charge is 2.24. The highest BCUT2D eigenvalue weighted by atomic mass is 79.9. The molecule has 98 valence electrons. The maximum absolute atomic E-state index is 5.60. The summed E-state index contributed by atoms with van der Waals surface area (Å²) in [5.74, 6) is 2.68. The predicted molar refractivity (Wildman–Crippen MR) is 76.5 cm³/mol. The molecule has 0 fully saturated rings. The van der Waals surface area contributed by atoms with E-state index in [9.17, 15) is 0 Å². The Morgan fingerprint density at radius 3 is 2.41 bits per heavy atom. The van der Waals surface area contributed by atoms with E-state index in [1.807, 2.05) is 13.0 Å². The summed E-state index contributed by atoms with van der Waals surface area (Å²) in [7, 11) is 2.15. The lowest BCUT2D eigenvalue weighted by Gasteiger charge is -2.32. The molecule has 0 bridgehead atoms. The Morgan fingerprint density at radius 1 is 1.35 bits per heavy atom. The summed E-state index contributed by atoms with van der Waals surface area (Å²) in [6, 6.07) is 4.08. The van der Waals surface area contributed by atoms with E-state index in [1.54, 1.807) is 0 Å². The van der Waals surface area contributed by atoms with Crippen molar-refractivity contribution in [3.8, 4) is 0 Å². The van der Waals surface area contributed by atoms with E-state index in [0.717, 1.165) is 29.9 Å². The van der Waals surface area contributed by atoms with Crippen LogP contribution in [0.25, 0.3) is 0 Å². The highest BCUT2D eigenvalue weighted by Crippen LogP contribution is 2.28. The number of hydrogen-bond donors (Lipinski definition) is 0. The van der Waals surface area contributed by atoms with Crippen LogP contribution < -0.4 is 0 Å². The molecular weight excluding hydrogens is 278 g/mol. The van der Waals surface area contributed by atoms with Gasteiger partial charge in [-0.2, -0.15) is 0 Å². The minimum atomic E-state index is 0.330. The number of alkyl halides is 1. The lowest BCUT2D eigenvalue weighted by Crippen LogP contribution is -2.34. The van der Waals surface area contributed by atoms with Crippen molar-refractivity contribution in [2.75, 3.05) is 18.9 Å². The second-order valence-corrected chi connectivity index (χ2v) is 6.57. The van der Waals surface area contributed by atoms with Crippen LogP contribution in [0, 0.1) is 18.3 Å². The number of rotatable bonds is 5. The average molecular weight is 302 g/mol. The SMILES string of the molecule is Cc1ccc(CN(C)CC(CBr)C(C)(C)C)o1. The first-order chi connectivity index (χ1) is 7.82. The molecule has 0 spiro atoms. The van der Waals surface area contributed by atoms with Gasteiger partial charge < -0.3 is 4.42 Å². The maximum Gasteiger partial charge on any atom is 0.118 e. The topological polar surface area (TPSA) is 16.4 Å². The van der Waals surface area contributed by atoms with Crippen molar-refractivity contribution in [3.63, 3.8) is 0 Å². The Kier molecular flexibility index (Phi) is 5.26. The van der Waals surface area contributed by atoms with Gasteiger partial charge in [0.2, 0.25) is 0 Å². The molecule has 0 radical (unpaired) electrons. The van der Waals surface area contributed by atoms with Crippen molar-refractivity contribution < 1.29 is 4.42 Å². The Morgan fingerprint density at radius 2 is 2.00 bits per heavy atom. The average Bonchev–Trinajstić information content (AvgIpc) is 2.58. The summed E-state index contributed by atoms with van der Waals surface area (Å²) in [4.78, 5) is 2.33. The smallest absolute Gasteiger partial charge is 0.118 e. The molecule has 2 nitrogen and oxygen atoms in total. The van der Waals surface area contributed by atoms with Crippen LogP contribution in [0.15, 0.2) is 16.5 Å². The van der Waals surface area contributed by atoms with Crippen LogP contribution in [0.5, 0.6) is 0 Å². The Labute approximate surface area is 114 Å². The first-order valence-electron chi connectivity index (χ1n) is 6.12. The molecule has 0 aliphatic carbocycles. The molecule has 0 amide bonds. The molecular formula is C14H24BrNO. The first-order valence-corrected chi connectivity index (χ1v) is 7.25. The quantitative estimate of drug-likeness (QED) is 0.762. The van der Waals surface area contributed by atoms with Crippen molar-refractivity contribution in [2.24, 2.45) is 11.3 Å². The summed E-state index contributed by atoms with van der Waals surface area (Å²) < 4.78 is 5.60. The number of furan rings is 1. The highest BCUT2D eigenvalue weighted by molar-refractivity contribution is 9.09. The van der Waals surface area contributed by atoms with Crippen molar-refractivity contribution in [3.05, 3.63) is 23.7 Å². The van der Waals surface area contributed by atoms with Crippen molar-refractivity contribution in [2.45, 2.75) is 34.2 Å². The maximum atomic E-state index is 5.60. The molecule has 1 rings (SSSR count). The van der Waals surface area contributed by atoms with Gasteiger partial charge in [0.1, 0.15) is 11.5 Å². The molecule has 0 aliphatic rings. The summed E-state index contributed by atoms with van der Waals surface area (Å²) in [6.45, 7) is 10.8. The second kappa shape index (κ2) is 6.05. The zero-order valence-electron chi connectivity index (χ0n) is 11.6. The summed E-state index contributed by atoms with van der Waals surface area (Å²) >= 11 is 3.62. The van der Waals surface area contributed by atoms with Crippen molar-refractivity contribution in [1.29, 1.82) is 0 Å². The predicted octanol–water partition coefficient (Wildman–Crippen LogP) is 4.08. The fourth-order valence-corrected chi connectivity index (χ4v) is 3.01. The molecule has 0 N–H and O–H groups in total. The molecule has 0 aromatic carbocycles. The monoisotopic (exact) mass is 301 g/mol. The van der Waals surface area contributed by atoms with Gasteiger partial charge in [-0.3, -0.25) is 4.90 Å². The van der Waals surface area contributed by atoms with Gasteiger partial charge in [0, 0.05) is 11.9 Å². The number of halogens is 1. The van der Waals surface area contributed by atoms with E-state index in [-0.39, 0.29) is 0 Å². The zero-order valence-corrected chi connectivity index (χ0v) is 13.2. The number of aryl methyl sites for hydroxylation is 1. The summed E-state index contributed by atoms with van der Waals surface area (Å²) in [5, 5.41) is 1.04. The van der Waals surface area contributed by atoms with Gasteiger partial charge in [-0.25, -0.2) is 0 Å². The molecule has 1 aromatic heterocycles. The van der Waals surface area contributed by atoms with Gasteiger partial charge in [-0.1, -0.05) is 36.7 Å². The van der Waals surface area contributed by atoms with Gasteiger partial charge in [0.25, 0.3) is 0 Å². The molecule has 17 heavy (non-hydrogen) atoms. The molecule has 0 saturated carbocycles. The molecule has 3 heteroatoms. The van der Waals surface area contributed by atoms with Gasteiger partial charge >= 0.3 is 0 Å². The van der Waals surface area contributed by atoms with Crippen LogP contribution in [0.4, 0.5) is 0 Å². The summed E-state index contributed by atoms with van der Waals surface area (Å²) in [5.41, 5.74) is 0.330.